The number of aryl methyl sites for hydroxylation is 1. The van der Waals surface area contributed by atoms with E-state index >= 15 is 0 Å². The number of carboxylic acids is 1. The summed E-state index contributed by atoms with van der Waals surface area (Å²) in [6.45, 7) is 1.66. The smallest absolute Gasteiger partial charge is 0.338 e. The number of carbonyl (C=O) groups excluding carboxylic acids is 1. The van der Waals surface area contributed by atoms with Gasteiger partial charge in [-0.3, -0.25) is 4.79 Å². The molecule has 1 amide bonds. The molecule has 2 aromatic rings. The van der Waals surface area contributed by atoms with Crippen LogP contribution in [0.25, 0.3) is 0 Å². The van der Waals surface area contributed by atoms with Crippen molar-refractivity contribution in [2.75, 3.05) is 5.32 Å². The highest BCUT2D eigenvalue weighted by molar-refractivity contribution is 7.20. The SMILES string of the molecule is Cc1cccc(NC(=O)c2cc(Cl)sc2Cl)c1C(=O)O. The molecule has 104 valence electrons. The van der Waals surface area contributed by atoms with Crippen LogP contribution in [0.5, 0.6) is 0 Å². The van der Waals surface area contributed by atoms with E-state index in [4.69, 9.17) is 23.2 Å². The first-order valence-electron chi connectivity index (χ1n) is 5.49. The van der Waals surface area contributed by atoms with Gasteiger partial charge in [-0.05, 0) is 24.6 Å². The summed E-state index contributed by atoms with van der Waals surface area (Å²) >= 11 is 12.8. The lowest BCUT2D eigenvalue weighted by Crippen LogP contribution is -2.15. The molecule has 0 unspecified atom stereocenters. The lowest BCUT2D eigenvalue weighted by Gasteiger charge is -2.10. The van der Waals surface area contributed by atoms with Crippen LogP contribution in [0.4, 0.5) is 5.69 Å². The zero-order chi connectivity index (χ0) is 14.9. The number of anilines is 1. The molecule has 1 aromatic heterocycles. The van der Waals surface area contributed by atoms with E-state index in [1.807, 2.05) is 0 Å². The Morgan fingerprint density at radius 1 is 1.30 bits per heavy atom. The minimum absolute atomic E-state index is 0.0540. The van der Waals surface area contributed by atoms with Crippen molar-refractivity contribution < 1.29 is 14.7 Å². The van der Waals surface area contributed by atoms with Gasteiger partial charge in [0.1, 0.15) is 4.34 Å². The average molecular weight is 330 g/mol. The molecule has 1 aromatic carbocycles. The molecule has 20 heavy (non-hydrogen) atoms. The van der Waals surface area contributed by atoms with Gasteiger partial charge in [-0.2, -0.15) is 0 Å². The molecule has 0 atom stereocenters. The summed E-state index contributed by atoms with van der Waals surface area (Å²) in [6.07, 6.45) is 0. The lowest BCUT2D eigenvalue weighted by molar-refractivity contribution is 0.0697. The van der Waals surface area contributed by atoms with Gasteiger partial charge in [-0.15, -0.1) is 11.3 Å². The van der Waals surface area contributed by atoms with E-state index in [9.17, 15) is 14.7 Å². The van der Waals surface area contributed by atoms with E-state index in [0.29, 0.717) is 9.90 Å². The third-order valence-corrected chi connectivity index (χ3v) is 4.12. The lowest BCUT2D eigenvalue weighted by atomic mass is 10.1. The number of rotatable bonds is 3. The molecule has 1 heterocycles. The maximum Gasteiger partial charge on any atom is 0.338 e. The second-order valence-corrected chi connectivity index (χ2v) is 6.28. The quantitative estimate of drug-likeness (QED) is 0.881. The molecule has 0 saturated carbocycles. The fourth-order valence-electron chi connectivity index (χ4n) is 1.74. The molecule has 0 aliphatic heterocycles. The zero-order valence-corrected chi connectivity index (χ0v) is 12.6. The molecule has 0 bridgehead atoms. The third kappa shape index (κ3) is 2.95. The first-order valence-corrected chi connectivity index (χ1v) is 7.06. The molecule has 2 rings (SSSR count). The Labute approximate surface area is 128 Å². The molecule has 0 aliphatic rings. The van der Waals surface area contributed by atoms with Crippen molar-refractivity contribution in [1.82, 2.24) is 0 Å². The van der Waals surface area contributed by atoms with Crippen LogP contribution in [0.3, 0.4) is 0 Å². The number of halogens is 2. The third-order valence-electron chi connectivity index (χ3n) is 2.64. The average Bonchev–Trinajstić information content (AvgIpc) is 2.68. The van der Waals surface area contributed by atoms with Gasteiger partial charge in [0.15, 0.2) is 0 Å². The number of carbonyl (C=O) groups is 2. The number of amides is 1. The van der Waals surface area contributed by atoms with E-state index in [1.165, 1.54) is 12.1 Å². The number of aromatic carboxylic acids is 1. The van der Waals surface area contributed by atoms with Gasteiger partial charge < -0.3 is 10.4 Å². The fourth-order valence-corrected chi connectivity index (χ4v) is 3.20. The van der Waals surface area contributed by atoms with Crippen LogP contribution >= 0.6 is 34.5 Å². The Morgan fingerprint density at radius 3 is 2.55 bits per heavy atom. The maximum atomic E-state index is 12.1. The summed E-state index contributed by atoms with van der Waals surface area (Å²) < 4.78 is 0.653. The van der Waals surface area contributed by atoms with Crippen molar-refractivity contribution in [3.63, 3.8) is 0 Å². The van der Waals surface area contributed by atoms with Crippen LogP contribution in [0.2, 0.25) is 8.67 Å². The molecule has 0 saturated heterocycles. The number of carboxylic acid groups (broad SMARTS) is 1. The molecule has 0 spiro atoms. The van der Waals surface area contributed by atoms with E-state index in [1.54, 1.807) is 19.1 Å². The van der Waals surface area contributed by atoms with Gasteiger partial charge >= 0.3 is 5.97 Å². The second-order valence-electron chi connectivity index (χ2n) is 3.99. The van der Waals surface area contributed by atoms with E-state index < -0.39 is 11.9 Å². The number of thiophene rings is 1. The fraction of sp³-hybridized carbons (Fsp3) is 0.0769. The Kier molecular flexibility index (Phi) is 4.32. The second kappa shape index (κ2) is 5.83. The minimum atomic E-state index is -1.10. The summed E-state index contributed by atoms with van der Waals surface area (Å²) in [5.41, 5.74) is 1.06. The Hall–Kier alpha value is -1.56. The summed E-state index contributed by atoms with van der Waals surface area (Å²) in [6, 6.07) is 6.30. The van der Waals surface area contributed by atoms with Crippen molar-refractivity contribution >= 4 is 52.1 Å². The molecular weight excluding hydrogens is 321 g/mol. The predicted octanol–water partition coefficient (Wildman–Crippen LogP) is 4.31. The largest absolute Gasteiger partial charge is 0.478 e. The molecule has 7 heteroatoms. The van der Waals surface area contributed by atoms with Crippen LogP contribution in [-0.4, -0.2) is 17.0 Å². The highest BCUT2D eigenvalue weighted by Gasteiger charge is 2.18. The normalized spacial score (nSPS) is 10.3. The Bertz CT molecular complexity index is 697. The number of nitrogens with one attached hydrogen (secondary N) is 1. The summed E-state index contributed by atoms with van der Waals surface area (Å²) in [5, 5.41) is 11.7. The first-order chi connectivity index (χ1) is 9.40. The highest BCUT2D eigenvalue weighted by atomic mass is 35.5. The van der Waals surface area contributed by atoms with Gasteiger partial charge in [-0.1, -0.05) is 35.3 Å². The molecule has 4 nitrogen and oxygen atoms in total. The van der Waals surface area contributed by atoms with Crippen LogP contribution in [-0.2, 0) is 0 Å². The topological polar surface area (TPSA) is 66.4 Å². The Balaban J connectivity index is 2.36. The van der Waals surface area contributed by atoms with Crippen molar-refractivity contribution in [1.29, 1.82) is 0 Å². The van der Waals surface area contributed by atoms with Gasteiger partial charge in [0.25, 0.3) is 5.91 Å². The van der Waals surface area contributed by atoms with E-state index in [0.717, 1.165) is 11.3 Å². The summed E-state index contributed by atoms with van der Waals surface area (Å²) in [5.74, 6) is -1.60. The monoisotopic (exact) mass is 329 g/mol. The van der Waals surface area contributed by atoms with E-state index in [2.05, 4.69) is 5.32 Å². The van der Waals surface area contributed by atoms with Gasteiger partial charge in [0.2, 0.25) is 0 Å². The van der Waals surface area contributed by atoms with Gasteiger partial charge in [-0.25, -0.2) is 4.79 Å². The van der Waals surface area contributed by atoms with Crippen molar-refractivity contribution in [2.24, 2.45) is 0 Å². The molecule has 0 fully saturated rings. The molecular formula is C13H9Cl2NO3S. The maximum absolute atomic E-state index is 12.1. The molecule has 2 N–H and O–H groups in total. The molecule has 0 radical (unpaired) electrons. The van der Waals surface area contributed by atoms with Crippen LogP contribution in [0.1, 0.15) is 26.3 Å². The van der Waals surface area contributed by atoms with Crippen LogP contribution in [0.15, 0.2) is 24.3 Å². The summed E-state index contributed by atoms with van der Waals surface area (Å²) in [7, 11) is 0. The van der Waals surface area contributed by atoms with Crippen LogP contribution < -0.4 is 5.32 Å². The zero-order valence-electron chi connectivity index (χ0n) is 10.2. The van der Waals surface area contributed by atoms with Crippen molar-refractivity contribution in [2.45, 2.75) is 6.92 Å². The summed E-state index contributed by atoms with van der Waals surface area (Å²) in [4.78, 5) is 23.3. The van der Waals surface area contributed by atoms with E-state index in [-0.39, 0.29) is 21.2 Å². The number of hydrogen-bond donors (Lipinski definition) is 2. The van der Waals surface area contributed by atoms with Crippen LogP contribution in [0, 0.1) is 6.92 Å². The minimum Gasteiger partial charge on any atom is -0.478 e. The number of benzene rings is 1. The first kappa shape index (κ1) is 14.8. The molecule has 0 aliphatic carbocycles. The Morgan fingerprint density at radius 2 is 2.00 bits per heavy atom. The standard InChI is InChI=1S/C13H9Cl2NO3S/c1-6-3-2-4-8(10(6)13(18)19)16-12(17)7-5-9(14)20-11(7)15/h2-5H,1H3,(H,16,17)(H,18,19). The van der Waals surface area contributed by atoms with Crippen molar-refractivity contribution in [3.8, 4) is 0 Å². The number of hydrogen-bond acceptors (Lipinski definition) is 3. The predicted molar refractivity (Wildman–Crippen MR) is 80.4 cm³/mol. The van der Waals surface area contributed by atoms with Gasteiger partial charge in [0, 0.05) is 0 Å². The van der Waals surface area contributed by atoms with Gasteiger partial charge in [0.05, 0.1) is 21.2 Å². The highest BCUT2D eigenvalue weighted by Crippen LogP contribution is 2.32. The van der Waals surface area contributed by atoms with Crippen molar-refractivity contribution in [3.05, 3.63) is 49.6 Å².